The molecule has 3 rings (SSSR count). The lowest BCUT2D eigenvalue weighted by Gasteiger charge is -2.04. The zero-order valence-corrected chi connectivity index (χ0v) is 10.7. The smallest absolute Gasteiger partial charge is 0.376 e. The van der Waals surface area contributed by atoms with Crippen LogP contribution in [-0.2, 0) is 11.3 Å². The topological polar surface area (TPSA) is 70.1 Å². The zero-order valence-electron chi connectivity index (χ0n) is 10.7. The minimum absolute atomic E-state index is 0.0992. The third-order valence-electron chi connectivity index (χ3n) is 2.99. The van der Waals surface area contributed by atoms with Crippen LogP contribution in [0.25, 0.3) is 11.0 Å². The van der Waals surface area contributed by atoms with Crippen LogP contribution in [0.15, 0.2) is 54.6 Å². The van der Waals surface area contributed by atoms with E-state index in [1.807, 2.05) is 42.5 Å². The highest BCUT2D eigenvalue weighted by Crippen LogP contribution is 2.14. The van der Waals surface area contributed by atoms with E-state index in [2.05, 4.69) is 4.98 Å². The van der Waals surface area contributed by atoms with Gasteiger partial charge in [-0.3, -0.25) is 0 Å². The lowest BCUT2D eigenvalue weighted by atomic mass is 10.2. The number of esters is 1. The summed E-state index contributed by atoms with van der Waals surface area (Å²) in [4.78, 5) is 16.2. The summed E-state index contributed by atoms with van der Waals surface area (Å²) in [5.74, 6) is 5.43. The van der Waals surface area contributed by atoms with Gasteiger partial charge in [-0.05, 0) is 17.7 Å². The number of ether oxygens (including phenoxy) is 1. The monoisotopic (exact) mass is 267 g/mol. The Morgan fingerprint density at radius 1 is 1.10 bits per heavy atom. The molecule has 3 aromatic rings. The van der Waals surface area contributed by atoms with Crippen LogP contribution >= 0.6 is 0 Å². The van der Waals surface area contributed by atoms with Crippen molar-refractivity contribution >= 4 is 17.0 Å². The maximum Gasteiger partial charge on any atom is 0.376 e. The maximum absolute atomic E-state index is 12.0. The number of aromatic nitrogens is 2. The third-order valence-corrected chi connectivity index (χ3v) is 2.99. The number of fused-ring (bicyclic) bond motifs is 1. The summed E-state index contributed by atoms with van der Waals surface area (Å²) in [6, 6.07) is 16.7. The normalized spacial score (nSPS) is 10.6. The van der Waals surface area contributed by atoms with Gasteiger partial charge in [-0.1, -0.05) is 42.5 Å². The number of hydrogen-bond donors (Lipinski definition) is 1. The van der Waals surface area contributed by atoms with E-state index < -0.39 is 5.97 Å². The van der Waals surface area contributed by atoms with Crippen molar-refractivity contribution in [3.63, 3.8) is 0 Å². The Balaban J connectivity index is 1.81. The Kier molecular flexibility index (Phi) is 3.09. The van der Waals surface area contributed by atoms with E-state index in [0.717, 1.165) is 5.56 Å². The molecule has 0 radical (unpaired) electrons. The van der Waals surface area contributed by atoms with Gasteiger partial charge in [-0.25, -0.2) is 14.5 Å². The summed E-state index contributed by atoms with van der Waals surface area (Å²) in [5.41, 5.74) is 2.28. The predicted octanol–water partition coefficient (Wildman–Crippen LogP) is 2.11. The van der Waals surface area contributed by atoms with Crippen molar-refractivity contribution in [2.75, 3.05) is 5.84 Å². The van der Waals surface area contributed by atoms with Gasteiger partial charge in [-0.2, -0.15) is 0 Å². The molecule has 100 valence electrons. The van der Waals surface area contributed by atoms with E-state index in [9.17, 15) is 4.79 Å². The van der Waals surface area contributed by atoms with Gasteiger partial charge in [0.1, 0.15) is 6.61 Å². The van der Waals surface area contributed by atoms with E-state index >= 15 is 0 Å². The zero-order chi connectivity index (χ0) is 13.9. The number of nitrogens with zero attached hydrogens (tertiary/aromatic N) is 2. The Labute approximate surface area is 115 Å². The van der Waals surface area contributed by atoms with Crippen molar-refractivity contribution in [2.45, 2.75) is 6.61 Å². The highest BCUT2D eigenvalue weighted by Gasteiger charge is 2.17. The Morgan fingerprint density at radius 2 is 1.80 bits per heavy atom. The molecule has 0 saturated carbocycles. The number of benzene rings is 2. The molecule has 0 aliphatic heterocycles. The average molecular weight is 267 g/mol. The van der Waals surface area contributed by atoms with Gasteiger partial charge >= 0.3 is 5.97 Å². The highest BCUT2D eigenvalue weighted by atomic mass is 16.5. The maximum atomic E-state index is 12.0. The number of nitrogens with two attached hydrogens (primary N) is 1. The number of para-hydroxylation sites is 2. The predicted molar refractivity (Wildman–Crippen MR) is 75.4 cm³/mol. The Bertz CT molecular complexity index is 750. The van der Waals surface area contributed by atoms with E-state index in [0.29, 0.717) is 11.0 Å². The van der Waals surface area contributed by atoms with E-state index in [1.54, 1.807) is 12.1 Å². The molecule has 0 amide bonds. The van der Waals surface area contributed by atoms with Crippen molar-refractivity contribution < 1.29 is 9.53 Å². The molecule has 0 aliphatic rings. The van der Waals surface area contributed by atoms with Crippen LogP contribution in [0.2, 0.25) is 0 Å². The second kappa shape index (κ2) is 5.05. The summed E-state index contributed by atoms with van der Waals surface area (Å²) in [5, 5.41) is 0. The van der Waals surface area contributed by atoms with Crippen molar-refractivity contribution in [3.8, 4) is 0 Å². The molecule has 0 unspecified atom stereocenters. The van der Waals surface area contributed by atoms with Crippen LogP contribution in [0.4, 0.5) is 0 Å². The standard InChI is InChI=1S/C15H13N3O2/c16-18-13-9-5-4-8-12(13)17-14(18)15(19)20-10-11-6-2-1-3-7-11/h1-9H,10,16H2. The van der Waals surface area contributed by atoms with Crippen molar-refractivity contribution in [2.24, 2.45) is 0 Å². The Morgan fingerprint density at radius 3 is 2.55 bits per heavy atom. The molecule has 0 aliphatic carbocycles. The van der Waals surface area contributed by atoms with E-state index in [1.165, 1.54) is 4.68 Å². The van der Waals surface area contributed by atoms with Crippen LogP contribution in [-0.4, -0.2) is 15.6 Å². The van der Waals surface area contributed by atoms with Crippen LogP contribution in [0, 0.1) is 0 Å². The number of carbonyl (C=O) groups is 1. The summed E-state index contributed by atoms with van der Waals surface area (Å²) in [6.45, 7) is 0.197. The van der Waals surface area contributed by atoms with Crippen LogP contribution in [0.5, 0.6) is 0 Å². The SMILES string of the molecule is Nn1c(C(=O)OCc2ccccc2)nc2ccccc21. The molecule has 1 aromatic heterocycles. The molecule has 20 heavy (non-hydrogen) atoms. The molecule has 5 nitrogen and oxygen atoms in total. The molecule has 5 heteroatoms. The number of nitrogen functional groups attached to an aromatic ring is 1. The van der Waals surface area contributed by atoms with Gasteiger partial charge in [-0.15, -0.1) is 0 Å². The molecule has 0 fully saturated rings. The molecule has 0 spiro atoms. The minimum atomic E-state index is -0.535. The molecular formula is C15H13N3O2. The van der Waals surface area contributed by atoms with Gasteiger partial charge in [0, 0.05) is 0 Å². The largest absolute Gasteiger partial charge is 0.455 e. The van der Waals surface area contributed by atoms with Crippen LogP contribution in [0.3, 0.4) is 0 Å². The first-order chi connectivity index (χ1) is 9.75. The van der Waals surface area contributed by atoms with Crippen LogP contribution < -0.4 is 5.84 Å². The summed E-state index contributed by atoms with van der Waals surface area (Å²) in [7, 11) is 0. The van der Waals surface area contributed by atoms with Gasteiger partial charge < -0.3 is 10.6 Å². The number of imidazole rings is 1. The van der Waals surface area contributed by atoms with Crippen LogP contribution in [0.1, 0.15) is 16.2 Å². The first kappa shape index (κ1) is 12.2. The quantitative estimate of drug-likeness (QED) is 0.583. The van der Waals surface area contributed by atoms with E-state index in [-0.39, 0.29) is 12.4 Å². The second-order valence-corrected chi connectivity index (χ2v) is 4.36. The van der Waals surface area contributed by atoms with Gasteiger partial charge in [0.25, 0.3) is 0 Å². The molecule has 2 N–H and O–H groups in total. The number of hydrogen-bond acceptors (Lipinski definition) is 4. The first-order valence-corrected chi connectivity index (χ1v) is 6.19. The van der Waals surface area contributed by atoms with E-state index in [4.69, 9.17) is 10.6 Å². The lowest BCUT2D eigenvalue weighted by Crippen LogP contribution is -2.18. The number of carbonyl (C=O) groups excluding carboxylic acids is 1. The summed E-state index contributed by atoms with van der Waals surface area (Å²) < 4.78 is 6.47. The van der Waals surface area contributed by atoms with Gasteiger partial charge in [0.2, 0.25) is 5.82 Å². The molecular weight excluding hydrogens is 254 g/mol. The lowest BCUT2D eigenvalue weighted by molar-refractivity contribution is 0.0455. The van der Waals surface area contributed by atoms with Crippen molar-refractivity contribution in [1.82, 2.24) is 9.66 Å². The third kappa shape index (κ3) is 2.21. The summed E-state index contributed by atoms with van der Waals surface area (Å²) >= 11 is 0. The highest BCUT2D eigenvalue weighted by molar-refractivity contribution is 5.91. The fourth-order valence-electron chi connectivity index (χ4n) is 1.98. The Hall–Kier alpha value is -2.82. The minimum Gasteiger partial charge on any atom is -0.455 e. The van der Waals surface area contributed by atoms with Gasteiger partial charge in [0.15, 0.2) is 0 Å². The molecule has 1 heterocycles. The summed E-state index contributed by atoms with van der Waals surface area (Å²) in [6.07, 6.45) is 0. The fraction of sp³-hybridized carbons (Fsp3) is 0.0667. The van der Waals surface area contributed by atoms with Gasteiger partial charge in [0.05, 0.1) is 11.0 Å². The molecule has 0 atom stereocenters. The van der Waals surface area contributed by atoms with Crippen molar-refractivity contribution in [1.29, 1.82) is 0 Å². The number of rotatable bonds is 3. The fourth-order valence-corrected chi connectivity index (χ4v) is 1.98. The molecule has 0 saturated heterocycles. The average Bonchev–Trinajstić information content (AvgIpc) is 2.84. The van der Waals surface area contributed by atoms with Crippen molar-refractivity contribution in [3.05, 3.63) is 66.0 Å². The second-order valence-electron chi connectivity index (χ2n) is 4.36. The first-order valence-electron chi connectivity index (χ1n) is 6.19. The molecule has 2 aromatic carbocycles. The molecule has 0 bridgehead atoms.